The predicted molar refractivity (Wildman–Crippen MR) is 67.3 cm³/mol. The van der Waals surface area contributed by atoms with Crippen LogP contribution in [0.15, 0.2) is 18.2 Å². The zero-order valence-electron chi connectivity index (χ0n) is 9.61. The van der Waals surface area contributed by atoms with Crippen LogP contribution in [0.4, 0.5) is 0 Å². The van der Waals surface area contributed by atoms with E-state index >= 15 is 0 Å². The Balaban J connectivity index is 0.00000128. The summed E-state index contributed by atoms with van der Waals surface area (Å²) in [6.45, 7) is 5.03. The Hall–Kier alpha value is -0.800. The van der Waals surface area contributed by atoms with Crippen LogP contribution in [0.25, 0.3) is 0 Å². The smallest absolute Gasteiger partial charge is 0.213 e. The number of halogens is 1. The van der Waals surface area contributed by atoms with Gasteiger partial charge in [0.15, 0.2) is 0 Å². The molecular formula is C12H19ClN2O. The number of hydrogen-bond donors (Lipinski definition) is 1. The second kappa shape index (κ2) is 6.71. The van der Waals surface area contributed by atoms with Crippen molar-refractivity contribution in [2.75, 3.05) is 19.7 Å². The summed E-state index contributed by atoms with van der Waals surface area (Å²) in [6.07, 6.45) is 2.43. The van der Waals surface area contributed by atoms with Gasteiger partial charge in [-0.3, -0.25) is 0 Å². The summed E-state index contributed by atoms with van der Waals surface area (Å²) in [5.74, 6) is 1.45. The maximum atomic E-state index is 5.69. The average Bonchev–Trinajstić information content (AvgIpc) is 2.28. The van der Waals surface area contributed by atoms with Crippen LogP contribution in [-0.4, -0.2) is 24.7 Å². The monoisotopic (exact) mass is 242 g/mol. The van der Waals surface area contributed by atoms with Gasteiger partial charge in [0, 0.05) is 11.8 Å². The van der Waals surface area contributed by atoms with Crippen LogP contribution in [0.2, 0.25) is 0 Å². The largest absolute Gasteiger partial charge is 0.477 e. The first-order chi connectivity index (χ1) is 7.34. The highest BCUT2D eigenvalue weighted by Gasteiger charge is 2.13. The fourth-order valence-electron chi connectivity index (χ4n) is 1.85. The molecule has 0 atom stereocenters. The van der Waals surface area contributed by atoms with E-state index in [0.717, 1.165) is 31.3 Å². The molecule has 16 heavy (non-hydrogen) atoms. The molecule has 0 spiro atoms. The standard InChI is InChI=1S/C12H18N2O.ClH/c1-10-3-2-4-12(14-10)15-9-11-5-7-13-8-6-11;/h2-4,11,13H,5-9H2,1H3;1H. The van der Waals surface area contributed by atoms with Gasteiger partial charge >= 0.3 is 0 Å². The Labute approximate surface area is 103 Å². The van der Waals surface area contributed by atoms with Gasteiger partial charge in [-0.2, -0.15) is 0 Å². The number of nitrogens with one attached hydrogen (secondary N) is 1. The van der Waals surface area contributed by atoms with E-state index in [1.807, 2.05) is 25.1 Å². The van der Waals surface area contributed by atoms with Crippen LogP contribution in [0.1, 0.15) is 18.5 Å². The van der Waals surface area contributed by atoms with E-state index < -0.39 is 0 Å². The van der Waals surface area contributed by atoms with Crippen molar-refractivity contribution in [3.05, 3.63) is 23.9 Å². The van der Waals surface area contributed by atoms with Crippen LogP contribution in [0.3, 0.4) is 0 Å². The molecule has 0 aliphatic carbocycles. The summed E-state index contributed by atoms with van der Waals surface area (Å²) in [5, 5.41) is 3.35. The molecule has 4 heteroatoms. The lowest BCUT2D eigenvalue weighted by Crippen LogP contribution is -2.30. The molecule has 1 aromatic heterocycles. The first kappa shape index (κ1) is 13.3. The minimum atomic E-state index is 0. The molecule has 0 amide bonds. The van der Waals surface area contributed by atoms with E-state index in [2.05, 4.69) is 10.3 Å². The highest BCUT2D eigenvalue weighted by atomic mass is 35.5. The van der Waals surface area contributed by atoms with Crippen molar-refractivity contribution in [2.24, 2.45) is 5.92 Å². The number of pyridine rings is 1. The molecule has 1 aliphatic rings. The third-order valence-electron chi connectivity index (χ3n) is 2.79. The Morgan fingerprint density at radius 3 is 2.81 bits per heavy atom. The fraction of sp³-hybridized carbons (Fsp3) is 0.583. The number of rotatable bonds is 3. The summed E-state index contributed by atoms with van der Waals surface area (Å²) in [6, 6.07) is 5.89. The summed E-state index contributed by atoms with van der Waals surface area (Å²) >= 11 is 0. The lowest BCUT2D eigenvalue weighted by molar-refractivity contribution is 0.208. The minimum Gasteiger partial charge on any atom is -0.477 e. The van der Waals surface area contributed by atoms with Crippen molar-refractivity contribution in [2.45, 2.75) is 19.8 Å². The van der Waals surface area contributed by atoms with Gasteiger partial charge in [0.25, 0.3) is 0 Å². The van der Waals surface area contributed by atoms with Gasteiger partial charge in [0.1, 0.15) is 0 Å². The molecule has 1 aromatic rings. The van der Waals surface area contributed by atoms with Crippen molar-refractivity contribution in [3.8, 4) is 5.88 Å². The molecule has 1 aliphatic heterocycles. The van der Waals surface area contributed by atoms with Gasteiger partial charge < -0.3 is 10.1 Å². The van der Waals surface area contributed by atoms with Crippen LogP contribution >= 0.6 is 12.4 Å². The first-order valence-corrected chi connectivity index (χ1v) is 5.62. The van der Waals surface area contributed by atoms with Gasteiger partial charge in [-0.15, -0.1) is 12.4 Å². The summed E-state index contributed by atoms with van der Waals surface area (Å²) < 4.78 is 5.69. The number of ether oxygens (including phenoxy) is 1. The van der Waals surface area contributed by atoms with E-state index in [1.165, 1.54) is 12.8 Å². The van der Waals surface area contributed by atoms with Crippen molar-refractivity contribution in [3.63, 3.8) is 0 Å². The van der Waals surface area contributed by atoms with E-state index in [1.54, 1.807) is 0 Å². The molecule has 1 N–H and O–H groups in total. The molecule has 90 valence electrons. The molecule has 1 saturated heterocycles. The van der Waals surface area contributed by atoms with Crippen molar-refractivity contribution >= 4 is 12.4 Å². The SMILES string of the molecule is Cc1cccc(OCC2CCNCC2)n1.Cl. The van der Waals surface area contributed by atoms with Crippen molar-refractivity contribution < 1.29 is 4.74 Å². The van der Waals surface area contributed by atoms with Crippen molar-refractivity contribution in [1.82, 2.24) is 10.3 Å². The third-order valence-corrected chi connectivity index (χ3v) is 2.79. The molecule has 3 nitrogen and oxygen atoms in total. The van der Waals surface area contributed by atoms with Crippen LogP contribution in [-0.2, 0) is 0 Å². The predicted octanol–water partition coefficient (Wildman–Crippen LogP) is 2.19. The first-order valence-electron chi connectivity index (χ1n) is 5.62. The van der Waals surface area contributed by atoms with E-state index in [9.17, 15) is 0 Å². The number of aryl methyl sites for hydroxylation is 1. The Morgan fingerprint density at radius 1 is 1.38 bits per heavy atom. The number of aromatic nitrogens is 1. The lowest BCUT2D eigenvalue weighted by Gasteiger charge is -2.22. The maximum Gasteiger partial charge on any atom is 0.213 e. The average molecular weight is 243 g/mol. The van der Waals surface area contributed by atoms with Crippen LogP contribution in [0.5, 0.6) is 5.88 Å². The quantitative estimate of drug-likeness (QED) is 0.883. The fourth-order valence-corrected chi connectivity index (χ4v) is 1.85. The number of hydrogen-bond acceptors (Lipinski definition) is 3. The normalized spacial score (nSPS) is 16.6. The Kier molecular flexibility index (Phi) is 5.56. The van der Waals surface area contributed by atoms with Gasteiger partial charge in [-0.05, 0) is 44.8 Å². The van der Waals surface area contributed by atoms with Crippen LogP contribution < -0.4 is 10.1 Å². The zero-order chi connectivity index (χ0) is 10.5. The van der Waals surface area contributed by atoms with Gasteiger partial charge in [-0.25, -0.2) is 4.98 Å². The van der Waals surface area contributed by atoms with E-state index in [0.29, 0.717) is 5.92 Å². The molecule has 0 bridgehead atoms. The van der Waals surface area contributed by atoms with Gasteiger partial charge in [0.05, 0.1) is 6.61 Å². The topological polar surface area (TPSA) is 34.1 Å². The van der Waals surface area contributed by atoms with E-state index in [4.69, 9.17) is 4.74 Å². The maximum absolute atomic E-state index is 5.69. The zero-order valence-corrected chi connectivity index (χ0v) is 10.4. The number of nitrogens with zero attached hydrogens (tertiary/aromatic N) is 1. The molecule has 0 saturated carbocycles. The van der Waals surface area contributed by atoms with E-state index in [-0.39, 0.29) is 12.4 Å². The molecular weight excluding hydrogens is 224 g/mol. The highest BCUT2D eigenvalue weighted by Crippen LogP contribution is 2.14. The Morgan fingerprint density at radius 2 is 2.12 bits per heavy atom. The second-order valence-electron chi connectivity index (χ2n) is 4.12. The molecule has 1 fully saturated rings. The molecule has 2 rings (SSSR count). The molecule has 0 aromatic carbocycles. The minimum absolute atomic E-state index is 0. The molecule has 0 unspecified atom stereocenters. The highest BCUT2D eigenvalue weighted by molar-refractivity contribution is 5.85. The number of piperidine rings is 1. The lowest BCUT2D eigenvalue weighted by atomic mass is 9.99. The third kappa shape index (κ3) is 3.99. The van der Waals surface area contributed by atoms with Gasteiger partial charge in [-0.1, -0.05) is 6.07 Å². The van der Waals surface area contributed by atoms with Crippen LogP contribution in [0, 0.1) is 12.8 Å². The summed E-state index contributed by atoms with van der Waals surface area (Å²) in [7, 11) is 0. The summed E-state index contributed by atoms with van der Waals surface area (Å²) in [4.78, 5) is 4.32. The summed E-state index contributed by atoms with van der Waals surface area (Å²) in [5.41, 5.74) is 1.01. The molecule has 2 heterocycles. The molecule has 0 radical (unpaired) electrons. The Bertz CT molecular complexity index is 314. The second-order valence-corrected chi connectivity index (χ2v) is 4.12. The van der Waals surface area contributed by atoms with Crippen molar-refractivity contribution in [1.29, 1.82) is 0 Å². The van der Waals surface area contributed by atoms with Gasteiger partial charge in [0.2, 0.25) is 5.88 Å².